The van der Waals surface area contributed by atoms with Crippen LogP contribution in [0.25, 0.3) is 0 Å². The van der Waals surface area contributed by atoms with E-state index in [0.717, 1.165) is 5.92 Å². The summed E-state index contributed by atoms with van der Waals surface area (Å²) in [6.45, 7) is 4.60. The Hall–Kier alpha value is 1.25. The van der Waals surface area contributed by atoms with Crippen molar-refractivity contribution in [2.75, 3.05) is 0 Å². The summed E-state index contributed by atoms with van der Waals surface area (Å²) in [5.41, 5.74) is 0. The summed E-state index contributed by atoms with van der Waals surface area (Å²) in [6.07, 6.45) is 4.26. The molecule has 0 spiro atoms. The molecule has 1 unspecified atom stereocenters. The van der Waals surface area contributed by atoms with Crippen molar-refractivity contribution < 1.29 is 17.0 Å². The van der Waals surface area contributed by atoms with E-state index >= 15 is 0 Å². The van der Waals surface area contributed by atoms with Gasteiger partial charge in [-0.1, -0.05) is 19.8 Å². The number of halogens is 1. The minimum atomic E-state index is 0. The molecule has 0 nitrogen and oxygen atoms in total. The molecule has 2 heteroatoms. The summed E-state index contributed by atoms with van der Waals surface area (Å²) in [5.74, 6) is 2.64. The minimum absolute atomic E-state index is 0. The molecule has 0 bridgehead atoms. The predicted octanol–water partition coefficient (Wildman–Crippen LogP) is -0.976. The van der Waals surface area contributed by atoms with Crippen LogP contribution in [0.15, 0.2) is 0 Å². The van der Waals surface area contributed by atoms with Crippen LogP contribution in [0.4, 0.5) is 0 Å². The zero-order valence-corrected chi connectivity index (χ0v) is 9.28. The Labute approximate surface area is 84.7 Å². The van der Waals surface area contributed by atoms with E-state index < -0.39 is 0 Å². The molecular weight excluding hydrogens is 188 g/mol. The van der Waals surface area contributed by atoms with Gasteiger partial charge in [-0.25, -0.2) is 0 Å². The maximum absolute atomic E-state index is 2.32. The number of hydrogen-bond acceptors (Lipinski definition) is 0. The largest absolute Gasteiger partial charge is 2.00 e. The first-order chi connectivity index (χ1) is 3.30. The van der Waals surface area contributed by atoms with Gasteiger partial charge in [-0.05, 0) is 0 Å². The zero-order valence-electron chi connectivity index (χ0n) is 6.28. The number of rotatable bonds is 0. The Morgan fingerprint density at radius 3 is 2.11 bits per heavy atom. The van der Waals surface area contributed by atoms with Crippen molar-refractivity contribution in [1.29, 1.82) is 0 Å². The summed E-state index contributed by atoms with van der Waals surface area (Å²) >= 11 is 0. The molecule has 0 saturated heterocycles. The van der Waals surface area contributed by atoms with Crippen molar-refractivity contribution in [1.82, 2.24) is 0 Å². The Morgan fingerprint density at radius 2 is 2.00 bits per heavy atom. The normalized spacial score (nSPS) is 26.7. The van der Waals surface area contributed by atoms with Crippen LogP contribution in [0.1, 0.15) is 33.1 Å². The molecule has 0 amide bonds. The van der Waals surface area contributed by atoms with E-state index in [0.29, 0.717) is 0 Å². The number of hydrogen-bond donors (Lipinski definition) is 0. The molecule has 50 valence electrons. The van der Waals surface area contributed by atoms with E-state index in [9.17, 15) is 0 Å². The fraction of sp³-hybridized carbons (Fsp3) is 0.857. The third kappa shape index (κ3) is 3.84. The first-order valence-electron chi connectivity index (χ1n) is 3.13. The van der Waals surface area contributed by atoms with Crippen LogP contribution < -0.4 is 17.0 Å². The van der Waals surface area contributed by atoms with Crippen LogP contribution in [0.3, 0.4) is 0 Å². The van der Waals surface area contributed by atoms with E-state index in [4.69, 9.17) is 0 Å². The first kappa shape index (κ1) is 12.9. The van der Waals surface area contributed by atoms with Crippen LogP contribution in [0.5, 0.6) is 0 Å². The van der Waals surface area contributed by atoms with E-state index in [2.05, 4.69) is 13.8 Å². The second-order valence-corrected chi connectivity index (χ2v) is 2.64. The van der Waals surface area contributed by atoms with Gasteiger partial charge in [-0.2, -0.15) is 19.3 Å². The molecular formula is C7H13BrMg. The fourth-order valence-electron chi connectivity index (χ4n) is 1.18. The Bertz CT molecular complexity index is 57.9. The van der Waals surface area contributed by atoms with Gasteiger partial charge in [-0.15, -0.1) is 0 Å². The molecule has 0 aromatic rings. The van der Waals surface area contributed by atoms with E-state index in [1.54, 1.807) is 5.92 Å². The van der Waals surface area contributed by atoms with E-state index in [1.807, 2.05) is 0 Å². The zero-order chi connectivity index (χ0) is 5.28. The van der Waals surface area contributed by atoms with Crippen molar-refractivity contribution in [3.8, 4) is 0 Å². The van der Waals surface area contributed by atoms with Gasteiger partial charge in [0, 0.05) is 0 Å². The molecule has 1 saturated carbocycles. The van der Waals surface area contributed by atoms with Crippen molar-refractivity contribution in [2.24, 2.45) is 5.92 Å². The summed E-state index contributed by atoms with van der Waals surface area (Å²) in [5, 5.41) is 0. The third-order valence-corrected chi connectivity index (χ3v) is 2.05. The van der Waals surface area contributed by atoms with Gasteiger partial charge in [0.1, 0.15) is 0 Å². The Balaban J connectivity index is 0. The van der Waals surface area contributed by atoms with Crippen LogP contribution >= 0.6 is 0 Å². The molecule has 1 rings (SSSR count). The molecule has 0 aromatic heterocycles. The van der Waals surface area contributed by atoms with Gasteiger partial charge in [0.05, 0.1) is 0 Å². The van der Waals surface area contributed by atoms with E-state index in [1.165, 1.54) is 19.3 Å². The summed E-state index contributed by atoms with van der Waals surface area (Å²) in [7, 11) is 0. The molecule has 0 aliphatic heterocycles. The van der Waals surface area contributed by atoms with E-state index in [-0.39, 0.29) is 40.0 Å². The van der Waals surface area contributed by atoms with Crippen molar-refractivity contribution in [3.63, 3.8) is 0 Å². The van der Waals surface area contributed by atoms with Crippen molar-refractivity contribution in [2.45, 2.75) is 33.1 Å². The third-order valence-electron chi connectivity index (χ3n) is 2.05. The quantitative estimate of drug-likeness (QED) is 0.349. The minimum Gasteiger partial charge on any atom is -1.00 e. The monoisotopic (exact) mass is 200 g/mol. The van der Waals surface area contributed by atoms with Crippen LogP contribution in [-0.2, 0) is 0 Å². The van der Waals surface area contributed by atoms with Gasteiger partial charge in [0.25, 0.3) is 0 Å². The standard InChI is InChI=1S/C7H13.BrH.Mg/c1-6-4-3-5-7(6)2;;/h6H,3-5H2,1-2H3;1H;/q-1;;+2/p-1. The SMILES string of the molecule is C[C-]1CCCC1C.[Br-].[Mg+2]. The van der Waals surface area contributed by atoms with Crippen LogP contribution in [0, 0.1) is 11.8 Å². The second kappa shape index (κ2) is 5.99. The topological polar surface area (TPSA) is 0 Å². The molecule has 1 aliphatic carbocycles. The Kier molecular flexibility index (Phi) is 8.57. The van der Waals surface area contributed by atoms with Crippen molar-refractivity contribution >= 4 is 23.1 Å². The first-order valence-corrected chi connectivity index (χ1v) is 3.13. The predicted molar refractivity (Wildman–Crippen MR) is 37.7 cm³/mol. The average Bonchev–Trinajstić information content (AvgIpc) is 1.91. The fourth-order valence-corrected chi connectivity index (χ4v) is 1.18. The van der Waals surface area contributed by atoms with Crippen LogP contribution in [0.2, 0.25) is 0 Å². The Morgan fingerprint density at radius 1 is 1.44 bits per heavy atom. The molecule has 1 fully saturated rings. The maximum Gasteiger partial charge on any atom is 2.00 e. The maximum atomic E-state index is 2.32. The molecule has 0 radical (unpaired) electrons. The molecule has 0 aromatic carbocycles. The second-order valence-electron chi connectivity index (χ2n) is 2.64. The van der Waals surface area contributed by atoms with Crippen molar-refractivity contribution in [3.05, 3.63) is 5.92 Å². The molecule has 1 atom stereocenters. The summed E-state index contributed by atoms with van der Waals surface area (Å²) in [4.78, 5) is 0. The molecule has 0 N–H and O–H groups in total. The smallest absolute Gasteiger partial charge is 1.00 e. The summed E-state index contributed by atoms with van der Waals surface area (Å²) in [6, 6.07) is 0. The average molecular weight is 201 g/mol. The summed E-state index contributed by atoms with van der Waals surface area (Å²) < 4.78 is 0. The molecule has 1 aliphatic rings. The molecule has 9 heavy (non-hydrogen) atoms. The van der Waals surface area contributed by atoms with Gasteiger partial charge < -0.3 is 22.9 Å². The van der Waals surface area contributed by atoms with Crippen LogP contribution in [-0.4, -0.2) is 23.1 Å². The van der Waals surface area contributed by atoms with Gasteiger partial charge in [0.2, 0.25) is 0 Å². The van der Waals surface area contributed by atoms with Gasteiger partial charge in [-0.3, -0.25) is 0 Å². The molecule has 0 heterocycles. The van der Waals surface area contributed by atoms with Gasteiger partial charge >= 0.3 is 23.1 Å². The van der Waals surface area contributed by atoms with Gasteiger partial charge in [0.15, 0.2) is 0 Å².